The highest BCUT2D eigenvalue weighted by Crippen LogP contribution is 2.43. The van der Waals surface area contributed by atoms with Gasteiger partial charge in [0.15, 0.2) is 11.0 Å². The number of fused-ring (bicyclic) bond motifs is 1. The number of anilines is 1. The summed E-state index contributed by atoms with van der Waals surface area (Å²) in [5, 5.41) is 0.306. The van der Waals surface area contributed by atoms with Crippen LogP contribution in [0.4, 0.5) is 5.69 Å². The third kappa shape index (κ3) is 4.99. The molecule has 0 spiro atoms. The first-order valence-electron chi connectivity index (χ1n) is 12.3. The molecule has 0 amide bonds. The van der Waals surface area contributed by atoms with Gasteiger partial charge in [-0.05, 0) is 72.1 Å². The van der Waals surface area contributed by atoms with Crippen molar-refractivity contribution in [3.05, 3.63) is 59.3 Å². The maximum atomic E-state index is 13.5. The lowest BCUT2D eigenvalue weighted by Crippen LogP contribution is -2.52. The molecule has 35 heavy (non-hydrogen) atoms. The third-order valence-electron chi connectivity index (χ3n) is 7.26. The zero-order valence-corrected chi connectivity index (χ0v) is 22.3. The molecular formula is C29H36N2O3S. The van der Waals surface area contributed by atoms with Crippen molar-refractivity contribution >= 4 is 40.1 Å². The Bertz CT molecular complexity index is 1250. The fraction of sp³-hybridized carbons (Fsp3) is 0.448. The Morgan fingerprint density at radius 1 is 1.20 bits per heavy atom. The van der Waals surface area contributed by atoms with E-state index in [9.17, 15) is 9.59 Å². The van der Waals surface area contributed by atoms with Crippen LogP contribution in [0.15, 0.2) is 47.5 Å². The van der Waals surface area contributed by atoms with Gasteiger partial charge in [0.1, 0.15) is 5.60 Å². The zero-order valence-electron chi connectivity index (χ0n) is 21.5. The van der Waals surface area contributed by atoms with Crippen LogP contribution in [0.5, 0.6) is 0 Å². The van der Waals surface area contributed by atoms with Crippen LogP contribution in [0.2, 0.25) is 0 Å². The standard InChI is InChI=1S/C29H36N2O3S/c1-17(2)29(12-10-19-8-7-9-23-20(19)11-13-31-23)16-24(32)26(27(33)34-29)35-25-14-18(3)22(30)15-21(25)28(4,5)6/h7-9,11,13-15,17,26,31H,10,12,16,30H2,1-6H3. The predicted octanol–water partition coefficient (Wildman–Crippen LogP) is 6.36. The number of H-pyrrole nitrogens is 1. The average Bonchev–Trinajstić information content (AvgIpc) is 3.25. The topological polar surface area (TPSA) is 85.2 Å². The molecule has 0 radical (unpaired) electrons. The van der Waals surface area contributed by atoms with Gasteiger partial charge in [0, 0.05) is 34.1 Å². The molecule has 2 unspecified atom stereocenters. The van der Waals surface area contributed by atoms with Gasteiger partial charge in [-0.3, -0.25) is 9.59 Å². The number of rotatable bonds is 6. The first-order chi connectivity index (χ1) is 16.4. The van der Waals surface area contributed by atoms with E-state index in [1.807, 2.05) is 51.2 Å². The molecule has 186 valence electrons. The number of nitrogens with one attached hydrogen (secondary N) is 1. The molecule has 6 heteroatoms. The number of ether oxygens (including phenoxy) is 1. The summed E-state index contributed by atoms with van der Waals surface area (Å²) in [7, 11) is 0. The second-order valence-corrected chi connectivity index (χ2v) is 12.2. The molecule has 1 aliphatic heterocycles. The average molecular weight is 493 g/mol. The smallest absolute Gasteiger partial charge is 0.327 e. The quantitative estimate of drug-likeness (QED) is 0.238. The van der Waals surface area contributed by atoms with Gasteiger partial charge in [0.25, 0.3) is 0 Å². The second-order valence-electron chi connectivity index (χ2n) is 11.1. The fourth-order valence-electron chi connectivity index (χ4n) is 4.90. The number of carbonyl (C=O) groups excluding carboxylic acids is 2. The van der Waals surface area contributed by atoms with E-state index in [0.717, 1.165) is 28.0 Å². The van der Waals surface area contributed by atoms with E-state index in [1.165, 1.54) is 22.7 Å². The summed E-state index contributed by atoms with van der Waals surface area (Å²) in [5.41, 5.74) is 10.2. The molecule has 1 aliphatic rings. The normalized spacial score (nSPS) is 21.1. The van der Waals surface area contributed by atoms with Crippen LogP contribution in [0.25, 0.3) is 10.9 Å². The lowest BCUT2D eigenvalue weighted by molar-refractivity contribution is -0.176. The van der Waals surface area contributed by atoms with Crippen LogP contribution in [-0.2, 0) is 26.2 Å². The third-order valence-corrected chi connectivity index (χ3v) is 8.54. The highest BCUT2D eigenvalue weighted by Gasteiger charge is 2.49. The maximum Gasteiger partial charge on any atom is 0.327 e. The highest BCUT2D eigenvalue weighted by molar-refractivity contribution is 8.01. The Balaban J connectivity index is 1.57. The zero-order chi connectivity index (χ0) is 25.5. The monoisotopic (exact) mass is 492 g/mol. The Morgan fingerprint density at radius 2 is 1.94 bits per heavy atom. The first kappa shape index (κ1) is 25.4. The summed E-state index contributed by atoms with van der Waals surface area (Å²) in [5.74, 6) is -0.473. The number of hydrogen-bond donors (Lipinski definition) is 2. The molecule has 2 aromatic carbocycles. The number of cyclic esters (lactones) is 1. The second kappa shape index (κ2) is 9.38. The summed E-state index contributed by atoms with van der Waals surface area (Å²) < 4.78 is 6.17. The van der Waals surface area contributed by atoms with Crippen molar-refractivity contribution in [1.82, 2.24) is 4.98 Å². The van der Waals surface area contributed by atoms with Crippen LogP contribution in [0, 0.1) is 12.8 Å². The van der Waals surface area contributed by atoms with Crippen molar-refractivity contribution in [3.63, 3.8) is 0 Å². The molecule has 3 N–H and O–H groups in total. The number of aromatic amines is 1. The lowest BCUT2D eigenvalue weighted by atomic mass is 9.78. The highest BCUT2D eigenvalue weighted by atomic mass is 32.2. The first-order valence-corrected chi connectivity index (χ1v) is 13.2. The molecule has 2 heterocycles. The Labute approximate surface area is 212 Å². The van der Waals surface area contributed by atoms with Crippen molar-refractivity contribution in [2.75, 3.05) is 5.73 Å². The molecule has 1 saturated heterocycles. The molecule has 5 nitrogen and oxygen atoms in total. The molecular weight excluding hydrogens is 456 g/mol. The lowest BCUT2D eigenvalue weighted by Gasteiger charge is -2.42. The number of nitrogen functional groups attached to an aromatic ring is 1. The number of ketones is 1. The van der Waals surface area contributed by atoms with E-state index in [0.29, 0.717) is 12.1 Å². The van der Waals surface area contributed by atoms with Crippen molar-refractivity contribution in [2.45, 2.75) is 82.0 Å². The molecule has 0 bridgehead atoms. The molecule has 2 atom stereocenters. The number of aromatic nitrogens is 1. The molecule has 1 fully saturated rings. The number of thioether (sulfide) groups is 1. The SMILES string of the molecule is Cc1cc(SC2C(=O)CC(CCc3cccc4[nH]ccc34)(C(C)C)OC2=O)c(C(C)(C)C)cc1N. The summed E-state index contributed by atoms with van der Waals surface area (Å²) in [6.45, 7) is 12.3. The van der Waals surface area contributed by atoms with E-state index in [1.54, 1.807) is 0 Å². The van der Waals surface area contributed by atoms with Gasteiger partial charge in [-0.15, -0.1) is 11.8 Å². The van der Waals surface area contributed by atoms with Gasteiger partial charge in [0.05, 0.1) is 0 Å². The van der Waals surface area contributed by atoms with Crippen molar-refractivity contribution in [3.8, 4) is 0 Å². The Morgan fingerprint density at radius 3 is 2.60 bits per heavy atom. The molecule has 0 aliphatic carbocycles. The number of nitrogens with two attached hydrogens (primary N) is 1. The number of benzene rings is 2. The summed E-state index contributed by atoms with van der Waals surface area (Å²) >= 11 is 1.30. The maximum absolute atomic E-state index is 13.5. The number of carbonyl (C=O) groups is 2. The van der Waals surface area contributed by atoms with Crippen LogP contribution >= 0.6 is 11.8 Å². The summed E-state index contributed by atoms with van der Waals surface area (Å²) in [6.07, 6.45) is 3.51. The van der Waals surface area contributed by atoms with Gasteiger partial charge in [-0.25, -0.2) is 0 Å². The number of Topliss-reactive ketones (excluding diaryl/α,β-unsaturated/α-hetero) is 1. The Kier molecular flexibility index (Phi) is 6.80. The molecule has 1 aromatic heterocycles. The van der Waals surface area contributed by atoms with E-state index in [-0.39, 0.29) is 23.5 Å². The van der Waals surface area contributed by atoms with Crippen LogP contribution in [0.1, 0.15) is 64.2 Å². The largest absolute Gasteiger partial charge is 0.457 e. The molecule has 0 saturated carbocycles. The predicted molar refractivity (Wildman–Crippen MR) is 144 cm³/mol. The number of hydrogen-bond acceptors (Lipinski definition) is 5. The minimum Gasteiger partial charge on any atom is -0.457 e. The summed E-state index contributed by atoms with van der Waals surface area (Å²) in [4.78, 5) is 31.0. The van der Waals surface area contributed by atoms with Gasteiger partial charge < -0.3 is 15.5 Å². The van der Waals surface area contributed by atoms with E-state index in [2.05, 4.69) is 37.9 Å². The van der Waals surface area contributed by atoms with Crippen molar-refractivity contribution in [2.24, 2.45) is 5.92 Å². The van der Waals surface area contributed by atoms with E-state index in [4.69, 9.17) is 10.5 Å². The van der Waals surface area contributed by atoms with E-state index >= 15 is 0 Å². The van der Waals surface area contributed by atoms with Gasteiger partial charge in [0.2, 0.25) is 0 Å². The van der Waals surface area contributed by atoms with Crippen molar-refractivity contribution < 1.29 is 14.3 Å². The van der Waals surface area contributed by atoms with Crippen LogP contribution < -0.4 is 5.73 Å². The van der Waals surface area contributed by atoms with Gasteiger partial charge >= 0.3 is 5.97 Å². The van der Waals surface area contributed by atoms with Crippen molar-refractivity contribution in [1.29, 1.82) is 0 Å². The minimum atomic E-state index is -0.862. The van der Waals surface area contributed by atoms with Crippen LogP contribution in [-0.4, -0.2) is 27.6 Å². The number of aryl methyl sites for hydroxylation is 2. The minimum absolute atomic E-state index is 0.0238. The fourth-order valence-corrected chi connectivity index (χ4v) is 6.25. The molecule has 4 rings (SSSR count). The summed E-state index contributed by atoms with van der Waals surface area (Å²) in [6, 6.07) is 12.2. The van der Waals surface area contributed by atoms with E-state index < -0.39 is 16.8 Å². The van der Waals surface area contributed by atoms with Gasteiger partial charge in [-0.2, -0.15) is 0 Å². The van der Waals surface area contributed by atoms with Crippen LogP contribution in [0.3, 0.4) is 0 Å². The molecule has 3 aromatic rings. The van der Waals surface area contributed by atoms with Gasteiger partial charge in [-0.1, -0.05) is 46.8 Å². The Hall–Kier alpha value is -2.73. The number of esters is 1.